The van der Waals surface area contributed by atoms with Crippen molar-refractivity contribution in [1.82, 2.24) is 0 Å². The summed E-state index contributed by atoms with van der Waals surface area (Å²) in [5.74, 6) is 0. The number of hydrogen-bond donors (Lipinski definition) is 0. The van der Waals surface area contributed by atoms with Gasteiger partial charge in [0.2, 0.25) is 0 Å². The number of fused-ring (bicyclic) bond motifs is 15. The van der Waals surface area contributed by atoms with Crippen molar-refractivity contribution < 1.29 is 8.83 Å². The van der Waals surface area contributed by atoms with Crippen LogP contribution in [0.5, 0.6) is 0 Å². The molecule has 13 rings (SSSR count). The minimum absolute atomic E-state index is 0.0197. The maximum atomic E-state index is 7.18. The molecule has 0 bridgehead atoms. The fourth-order valence-electron chi connectivity index (χ4n) is 12.9. The van der Waals surface area contributed by atoms with Crippen LogP contribution in [0.15, 0.2) is 179 Å². The predicted molar refractivity (Wildman–Crippen MR) is 312 cm³/mol. The molecule has 0 saturated carbocycles. The van der Waals surface area contributed by atoms with E-state index in [2.05, 4.69) is 263 Å². The van der Waals surface area contributed by atoms with Gasteiger partial charge in [-0.25, -0.2) is 0 Å². The van der Waals surface area contributed by atoms with Crippen LogP contribution in [0.2, 0.25) is 0 Å². The zero-order valence-electron chi connectivity index (χ0n) is 44.9. The van der Waals surface area contributed by atoms with E-state index < -0.39 is 10.8 Å². The van der Waals surface area contributed by atoms with E-state index in [9.17, 15) is 0 Å². The van der Waals surface area contributed by atoms with Crippen LogP contribution in [0.25, 0.3) is 66.1 Å². The van der Waals surface area contributed by atoms with Gasteiger partial charge in [-0.05, 0) is 152 Å². The van der Waals surface area contributed by atoms with Crippen LogP contribution in [0, 0.1) is 13.8 Å². The molecule has 2 aliphatic rings. The molecule has 366 valence electrons. The van der Waals surface area contributed by atoms with Crippen molar-refractivity contribution in [2.24, 2.45) is 0 Å². The van der Waals surface area contributed by atoms with Gasteiger partial charge in [0, 0.05) is 55.1 Å². The fourth-order valence-corrected chi connectivity index (χ4v) is 12.9. The predicted octanol–water partition coefficient (Wildman–Crippen LogP) is 20.2. The summed E-state index contributed by atoms with van der Waals surface area (Å²) in [4.78, 5) is 4.88. The van der Waals surface area contributed by atoms with Crippen molar-refractivity contribution in [3.8, 4) is 22.3 Å². The molecular weight excluding hydrogens is 901 g/mol. The number of rotatable bonds is 6. The molecule has 0 atom stereocenters. The first kappa shape index (κ1) is 46.0. The summed E-state index contributed by atoms with van der Waals surface area (Å²) in [5, 5.41) is 4.58. The van der Waals surface area contributed by atoms with Gasteiger partial charge in [-0.1, -0.05) is 178 Å². The monoisotopic (exact) mass is 964 g/mol. The molecule has 4 nitrogen and oxygen atoms in total. The van der Waals surface area contributed by atoms with Gasteiger partial charge in [0.25, 0.3) is 0 Å². The zero-order chi connectivity index (χ0) is 51.4. The Hall–Kier alpha value is -7.82. The minimum atomic E-state index is -0.410. The molecule has 2 heterocycles. The summed E-state index contributed by atoms with van der Waals surface area (Å²) < 4.78 is 14.4. The molecule has 2 aromatic heterocycles. The molecule has 11 aromatic rings. The third kappa shape index (κ3) is 6.59. The lowest BCUT2D eigenvalue weighted by Gasteiger charge is -2.32. The number of benzene rings is 9. The highest BCUT2D eigenvalue weighted by Gasteiger charge is 2.49. The third-order valence-corrected chi connectivity index (χ3v) is 16.8. The van der Waals surface area contributed by atoms with Crippen molar-refractivity contribution in [3.05, 3.63) is 214 Å². The van der Waals surface area contributed by atoms with Crippen LogP contribution in [0.3, 0.4) is 0 Å². The van der Waals surface area contributed by atoms with Crippen molar-refractivity contribution >= 4 is 78.0 Å². The molecule has 0 unspecified atom stereocenters. The van der Waals surface area contributed by atoms with Crippen molar-refractivity contribution in [3.63, 3.8) is 0 Å². The number of aryl methyl sites for hydroxylation is 2. The summed E-state index contributed by atoms with van der Waals surface area (Å²) >= 11 is 0. The average Bonchev–Trinajstić information content (AvgIpc) is 4.08. The van der Waals surface area contributed by atoms with Crippen molar-refractivity contribution in [2.75, 3.05) is 9.80 Å². The number of para-hydroxylation sites is 4. The Bertz CT molecular complexity index is 3840. The van der Waals surface area contributed by atoms with E-state index >= 15 is 0 Å². The number of hydrogen-bond acceptors (Lipinski definition) is 4. The van der Waals surface area contributed by atoms with Gasteiger partial charge in [0.1, 0.15) is 11.2 Å². The summed E-state index contributed by atoms with van der Waals surface area (Å²) in [6.45, 7) is 27.9. The standard InChI is InChI=1S/C70H64N2O2/c1-41-21-13-17-25-53(41)71(45-33-29-43(30-34-45)67(3,4)5)55-39-51-59(61-47-23-15-19-27-57(47)73-65(55)61)49-37-38-50-60-52(70(11,12)64(50)63(49)69(51,9)10)40-56(66-62(60)48-24-16-20-28-58(48)74-66)72(54-26-18-14-22-42(54)2)46-35-31-44(32-36-46)68(6,7)8/h13-40H,1-12H3. The molecule has 2 aliphatic carbocycles. The topological polar surface area (TPSA) is 32.8 Å². The summed E-state index contributed by atoms with van der Waals surface area (Å²) in [7, 11) is 0. The third-order valence-electron chi connectivity index (χ3n) is 16.8. The quantitative estimate of drug-likeness (QED) is 0.166. The molecule has 0 aliphatic heterocycles. The first-order chi connectivity index (χ1) is 35.3. The highest BCUT2D eigenvalue weighted by Crippen LogP contribution is 2.64. The Morgan fingerprint density at radius 2 is 0.743 bits per heavy atom. The maximum Gasteiger partial charge on any atom is 0.160 e. The van der Waals surface area contributed by atoms with Crippen LogP contribution < -0.4 is 9.80 Å². The lowest BCUT2D eigenvalue weighted by Crippen LogP contribution is -2.24. The van der Waals surface area contributed by atoms with E-state index in [4.69, 9.17) is 8.83 Å². The highest BCUT2D eigenvalue weighted by atomic mass is 16.3. The molecule has 0 radical (unpaired) electrons. The molecular formula is C70H64N2O2. The van der Waals surface area contributed by atoms with E-state index in [1.807, 2.05) is 0 Å². The van der Waals surface area contributed by atoms with Crippen LogP contribution in [-0.4, -0.2) is 0 Å². The Labute approximate surface area is 435 Å². The highest BCUT2D eigenvalue weighted by molar-refractivity contribution is 6.22. The second kappa shape index (κ2) is 15.8. The van der Waals surface area contributed by atoms with E-state index in [0.717, 1.165) is 78.0 Å². The zero-order valence-corrected chi connectivity index (χ0v) is 44.9. The SMILES string of the molecule is Cc1ccccc1N(c1ccc(C(C)(C)C)cc1)c1cc2c(c3c1oc1ccccc13)-c1ccc3c(c1C2(C)C)C(C)(C)c1cc(N(c2ccc(C(C)(C)C)cc2)c2ccccc2C)c2oc4ccccc4c2c1-3. The number of furan rings is 2. The first-order valence-electron chi connectivity index (χ1n) is 26.4. The molecule has 9 aromatic carbocycles. The number of nitrogens with zero attached hydrogens (tertiary/aromatic N) is 2. The van der Waals surface area contributed by atoms with Crippen molar-refractivity contribution in [1.29, 1.82) is 0 Å². The Kier molecular flexibility index (Phi) is 9.85. The van der Waals surface area contributed by atoms with E-state index in [-0.39, 0.29) is 10.8 Å². The van der Waals surface area contributed by atoms with Gasteiger partial charge in [0.15, 0.2) is 11.2 Å². The molecule has 0 amide bonds. The lowest BCUT2D eigenvalue weighted by molar-refractivity contribution is 0.590. The summed E-state index contributed by atoms with van der Waals surface area (Å²) in [6, 6.07) is 62.9. The Morgan fingerprint density at radius 3 is 1.11 bits per heavy atom. The molecule has 74 heavy (non-hydrogen) atoms. The minimum Gasteiger partial charge on any atom is -0.454 e. The van der Waals surface area contributed by atoms with Gasteiger partial charge in [-0.2, -0.15) is 0 Å². The average molecular weight is 965 g/mol. The molecule has 4 heteroatoms. The largest absolute Gasteiger partial charge is 0.454 e. The second-order valence-corrected chi connectivity index (χ2v) is 24.2. The van der Waals surface area contributed by atoms with Gasteiger partial charge >= 0.3 is 0 Å². The molecule has 0 fully saturated rings. The molecule has 0 saturated heterocycles. The van der Waals surface area contributed by atoms with Crippen LogP contribution in [0.1, 0.15) is 114 Å². The smallest absolute Gasteiger partial charge is 0.160 e. The van der Waals surface area contributed by atoms with Crippen LogP contribution in [-0.2, 0) is 21.7 Å². The normalized spacial score (nSPS) is 14.4. The van der Waals surface area contributed by atoms with Gasteiger partial charge < -0.3 is 18.6 Å². The Morgan fingerprint density at radius 1 is 0.392 bits per heavy atom. The first-order valence-corrected chi connectivity index (χ1v) is 26.4. The van der Waals surface area contributed by atoms with E-state index in [1.165, 1.54) is 66.8 Å². The summed E-state index contributed by atoms with van der Waals surface area (Å²) in [6.07, 6.45) is 0. The van der Waals surface area contributed by atoms with Crippen molar-refractivity contribution in [2.45, 2.75) is 105 Å². The van der Waals surface area contributed by atoms with Crippen LogP contribution in [0.4, 0.5) is 34.1 Å². The molecule has 0 spiro atoms. The van der Waals surface area contributed by atoms with Gasteiger partial charge in [-0.3, -0.25) is 0 Å². The van der Waals surface area contributed by atoms with Gasteiger partial charge in [0.05, 0.1) is 11.4 Å². The van der Waals surface area contributed by atoms with E-state index in [0.29, 0.717) is 0 Å². The van der Waals surface area contributed by atoms with E-state index in [1.54, 1.807) is 0 Å². The van der Waals surface area contributed by atoms with Gasteiger partial charge in [-0.15, -0.1) is 0 Å². The fraction of sp³-hybridized carbons (Fsp3) is 0.229. The second-order valence-electron chi connectivity index (χ2n) is 24.2. The summed E-state index contributed by atoms with van der Waals surface area (Å²) in [5.41, 5.74) is 24.7. The van der Waals surface area contributed by atoms with Crippen LogP contribution >= 0.6 is 0 Å². The Balaban J connectivity index is 1.08. The number of anilines is 6. The lowest BCUT2D eigenvalue weighted by atomic mass is 9.72. The molecule has 0 N–H and O–H groups in total. The maximum absolute atomic E-state index is 7.18.